The van der Waals surface area contributed by atoms with E-state index in [2.05, 4.69) is 15.9 Å². The maximum atomic E-state index is 9.69. The van der Waals surface area contributed by atoms with Crippen LogP contribution in [-0.4, -0.2) is 11.7 Å². The van der Waals surface area contributed by atoms with Crippen molar-refractivity contribution in [3.63, 3.8) is 0 Å². The van der Waals surface area contributed by atoms with E-state index in [1.807, 2.05) is 19.9 Å². The largest absolute Gasteiger partial charge is 0.508 e. The van der Waals surface area contributed by atoms with E-state index in [-0.39, 0.29) is 5.92 Å². The van der Waals surface area contributed by atoms with Crippen molar-refractivity contribution in [1.29, 1.82) is 0 Å². The van der Waals surface area contributed by atoms with E-state index < -0.39 is 0 Å². The van der Waals surface area contributed by atoms with Crippen LogP contribution in [0.1, 0.15) is 24.0 Å². The molecular formula is C10H14BrNO. The Hall–Kier alpha value is -0.540. The normalized spacial score (nSPS) is 12.9. The van der Waals surface area contributed by atoms with Crippen molar-refractivity contribution in [2.45, 2.75) is 19.8 Å². The Morgan fingerprint density at radius 3 is 2.62 bits per heavy atom. The Morgan fingerprint density at radius 1 is 1.54 bits per heavy atom. The number of phenols is 1. The third-order valence-corrected chi connectivity index (χ3v) is 2.75. The topological polar surface area (TPSA) is 46.2 Å². The molecule has 0 bridgehead atoms. The summed E-state index contributed by atoms with van der Waals surface area (Å²) in [7, 11) is 0. The Balaban J connectivity index is 3.20. The maximum absolute atomic E-state index is 9.69. The van der Waals surface area contributed by atoms with Crippen LogP contribution in [0.3, 0.4) is 0 Å². The third kappa shape index (κ3) is 2.23. The summed E-state index contributed by atoms with van der Waals surface area (Å²) >= 11 is 3.42. The Morgan fingerprint density at radius 2 is 2.15 bits per heavy atom. The van der Waals surface area contributed by atoms with Crippen molar-refractivity contribution >= 4 is 15.9 Å². The molecule has 0 fully saturated rings. The molecule has 1 aromatic carbocycles. The molecule has 0 aromatic heterocycles. The Bertz CT molecular complexity index is 289. The van der Waals surface area contributed by atoms with Gasteiger partial charge in [-0.1, -0.05) is 22.9 Å². The van der Waals surface area contributed by atoms with E-state index >= 15 is 0 Å². The minimum Gasteiger partial charge on any atom is -0.508 e. The highest BCUT2D eigenvalue weighted by Crippen LogP contribution is 2.33. The second kappa shape index (κ2) is 4.11. The first-order valence-electron chi connectivity index (χ1n) is 4.25. The van der Waals surface area contributed by atoms with Crippen LogP contribution < -0.4 is 5.73 Å². The average Bonchev–Trinajstić information content (AvgIpc) is 2.02. The van der Waals surface area contributed by atoms with Crippen LogP contribution in [0.5, 0.6) is 5.75 Å². The smallest absolute Gasteiger partial charge is 0.120 e. The summed E-state index contributed by atoms with van der Waals surface area (Å²) in [5.41, 5.74) is 7.48. The number of halogens is 1. The highest BCUT2D eigenvalue weighted by Gasteiger charge is 2.12. The molecule has 3 N–H and O–H groups in total. The van der Waals surface area contributed by atoms with Gasteiger partial charge in [0, 0.05) is 10.0 Å². The number of rotatable bonds is 2. The van der Waals surface area contributed by atoms with Crippen molar-refractivity contribution in [3.05, 3.63) is 27.7 Å². The molecule has 0 spiro atoms. The second-order valence-electron chi connectivity index (χ2n) is 3.32. The van der Waals surface area contributed by atoms with E-state index in [1.165, 1.54) is 0 Å². The highest BCUT2D eigenvalue weighted by molar-refractivity contribution is 9.10. The van der Waals surface area contributed by atoms with Gasteiger partial charge in [-0.3, -0.25) is 0 Å². The minimum atomic E-state index is 0.176. The molecule has 0 radical (unpaired) electrons. The van der Waals surface area contributed by atoms with Crippen LogP contribution in [0.25, 0.3) is 0 Å². The molecule has 72 valence electrons. The lowest BCUT2D eigenvalue weighted by molar-refractivity contribution is 0.462. The van der Waals surface area contributed by atoms with Crippen molar-refractivity contribution < 1.29 is 5.11 Å². The van der Waals surface area contributed by atoms with Gasteiger partial charge in [0.15, 0.2) is 0 Å². The first-order chi connectivity index (χ1) is 6.06. The monoisotopic (exact) mass is 243 g/mol. The van der Waals surface area contributed by atoms with Crippen molar-refractivity contribution in [3.8, 4) is 5.75 Å². The molecule has 0 amide bonds. The quantitative estimate of drug-likeness (QED) is 0.839. The van der Waals surface area contributed by atoms with E-state index in [0.717, 1.165) is 15.6 Å². The third-order valence-electron chi connectivity index (χ3n) is 2.10. The number of phenolic OH excluding ortho intramolecular Hbond substituents is 1. The molecule has 0 aliphatic rings. The number of aromatic hydroxyl groups is 1. The zero-order valence-electron chi connectivity index (χ0n) is 7.84. The van der Waals surface area contributed by atoms with Crippen LogP contribution >= 0.6 is 15.9 Å². The van der Waals surface area contributed by atoms with E-state index in [4.69, 9.17) is 5.73 Å². The molecule has 0 saturated carbocycles. The summed E-state index contributed by atoms with van der Waals surface area (Å²) in [6.07, 6.45) is 0. The van der Waals surface area contributed by atoms with Crippen LogP contribution in [0.15, 0.2) is 16.6 Å². The maximum Gasteiger partial charge on any atom is 0.120 e. The van der Waals surface area contributed by atoms with Crippen LogP contribution in [0.4, 0.5) is 0 Å². The number of aryl methyl sites for hydroxylation is 1. The predicted molar refractivity (Wildman–Crippen MR) is 58.0 cm³/mol. The van der Waals surface area contributed by atoms with Gasteiger partial charge in [0.1, 0.15) is 5.75 Å². The SMILES string of the molecule is Cc1cc(O)c(C(C)CN)c(Br)c1. The van der Waals surface area contributed by atoms with Gasteiger partial charge in [-0.2, -0.15) is 0 Å². The van der Waals surface area contributed by atoms with Crippen molar-refractivity contribution in [2.24, 2.45) is 5.73 Å². The van der Waals surface area contributed by atoms with E-state index in [0.29, 0.717) is 12.3 Å². The summed E-state index contributed by atoms with van der Waals surface area (Å²) in [5.74, 6) is 0.500. The molecule has 3 heteroatoms. The fourth-order valence-corrected chi connectivity index (χ4v) is 2.30. The first-order valence-corrected chi connectivity index (χ1v) is 5.04. The molecule has 1 atom stereocenters. The fraction of sp³-hybridized carbons (Fsp3) is 0.400. The van der Waals surface area contributed by atoms with Crippen LogP contribution in [0, 0.1) is 6.92 Å². The molecular weight excluding hydrogens is 230 g/mol. The lowest BCUT2D eigenvalue weighted by Crippen LogP contribution is -2.09. The second-order valence-corrected chi connectivity index (χ2v) is 4.17. The minimum absolute atomic E-state index is 0.176. The molecule has 13 heavy (non-hydrogen) atoms. The standard InChI is InChI=1S/C10H14BrNO/c1-6-3-8(11)10(7(2)5-12)9(13)4-6/h3-4,7,13H,5,12H2,1-2H3. The molecule has 1 aromatic rings. The highest BCUT2D eigenvalue weighted by atomic mass is 79.9. The number of hydrogen-bond acceptors (Lipinski definition) is 2. The zero-order valence-corrected chi connectivity index (χ0v) is 9.43. The predicted octanol–water partition coefficient (Wildman–Crippen LogP) is 2.53. The summed E-state index contributed by atoms with van der Waals surface area (Å²) in [6.45, 7) is 4.48. The molecule has 0 aliphatic heterocycles. The van der Waals surface area contributed by atoms with Gasteiger partial charge in [-0.15, -0.1) is 0 Å². The van der Waals surface area contributed by atoms with E-state index in [1.54, 1.807) is 6.07 Å². The van der Waals surface area contributed by atoms with Gasteiger partial charge in [0.2, 0.25) is 0 Å². The van der Waals surface area contributed by atoms with Crippen molar-refractivity contribution in [1.82, 2.24) is 0 Å². The van der Waals surface area contributed by atoms with Crippen molar-refractivity contribution in [2.75, 3.05) is 6.54 Å². The van der Waals surface area contributed by atoms with Gasteiger partial charge < -0.3 is 10.8 Å². The summed E-state index contributed by atoms with van der Waals surface area (Å²) in [4.78, 5) is 0. The average molecular weight is 244 g/mol. The zero-order chi connectivity index (χ0) is 10.0. The Kier molecular flexibility index (Phi) is 3.33. The summed E-state index contributed by atoms with van der Waals surface area (Å²) < 4.78 is 0.933. The summed E-state index contributed by atoms with van der Waals surface area (Å²) in [5, 5.41) is 9.69. The van der Waals surface area contributed by atoms with Gasteiger partial charge >= 0.3 is 0 Å². The van der Waals surface area contributed by atoms with E-state index in [9.17, 15) is 5.11 Å². The number of nitrogens with two attached hydrogens (primary N) is 1. The van der Waals surface area contributed by atoms with Gasteiger partial charge in [-0.25, -0.2) is 0 Å². The fourth-order valence-electron chi connectivity index (χ4n) is 1.34. The van der Waals surface area contributed by atoms with Gasteiger partial charge in [-0.05, 0) is 37.1 Å². The molecule has 1 unspecified atom stereocenters. The molecule has 0 aliphatic carbocycles. The molecule has 1 rings (SSSR count). The lowest BCUT2D eigenvalue weighted by Gasteiger charge is -2.13. The van der Waals surface area contributed by atoms with Gasteiger partial charge in [0.05, 0.1) is 0 Å². The molecule has 0 heterocycles. The first kappa shape index (κ1) is 10.5. The van der Waals surface area contributed by atoms with Gasteiger partial charge in [0.25, 0.3) is 0 Å². The summed E-state index contributed by atoms with van der Waals surface area (Å²) in [6, 6.07) is 3.74. The molecule has 2 nitrogen and oxygen atoms in total. The number of hydrogen-bond donors (Lipinski definition) is 2. The van der Waals surface area contributed by atoms with Crippen LogP contribution in [0.2, 0.25) is 0 Å². The Labute approximate surface area is 86.9 Å². The van der Waals surface area contributed by atoms with Crippen LogP contribution in [-0.2, 0) is 0 Å². The molecule has 0 saturated heterocycles. The lowest BCUT2D eigenvalue weighted by atomic mass is 9.99. The number of benzene rings is 1.